The molecule has 0 bridgehead atoms. The molecule has 3 nitrogen and oxygen atoms in total. The Morgan fingerprint density at radius 1 is 1.38 bits per heavy atom. The maximum Gasteiger partial charge on any atom is 0.137 e. The second-order valence-corrected chi connectivity index (χ2v) is 4.38. The van der Waals surface area contributed by atoms with Crippen LogP contribution in [0.15, 0.2) is 18.2 Å². The number of hydrogen-bond donors (Lipinski definition) is 2. The molecular formula is C12H19ClNO2+. The number of aliphatic hydroxyl groups excluding tert-OH is 1. The van der Waals surface area contributed by atoms with Crippen molar-refractivity contribution in [1.82, 2.24) is 0 Å². The van der Waals surface area contributed by atoms with Gasteiger partial charge in [-0.1, -0.05) is 11.6 Å². The highest BCUT2D eigenvalue weighted by Gasteiger charge is 2.03. The standard InChI is InChI=1S/C12H18ClNO2/c1-10-9-11(13)3-4-12(10)16-8-6-14(2)5-7-15/h3-4,9,15H,5-8H2,1-2H3/p+1. The molecule has 0 fully saturated rings. The zero-order valence-corrected chi connectivity index (χ0v) is 10.5. The Kier molecular flexibility index (Phi) is 5.60. The van der Waals surface area contributed by atoms with Crippen molar-refractivity contribution < 1.29 is 14.7 Å². The molecule has 0 heterocycles. The maximum absolute atomic E-state index is 8.75. The Morgan fingerprint density at radius 3 is 2.75 bits per heavy atom. The molecule has 0 radical (unpaired) electrons. The molecule has 4 heteroatoms. The summed E-state index contributed by atoms with van der Waals surface area (Å²) in [6.45, 7) is 4.47. The summed E-state index contributed by atoms with van der Waals surface area (Å²) in [5.41, 5.74) is 1.05. The minimum absolute atomic E-state index is 0.214. The van der Waals surface area contributed by atoms with E-state index in [0.717, 1.165) is 29.4 Å². The second-order valence-electron chi connectivity index (χ2n) is 3.94. The predicted molar refractivity (Wildman–Crippen MR) is 65.4 cm³/mol. The molecule has 1 rings (SSSR count). The zero-order chi connectivity index (χ0) is 12.0. The fourth-order valence-corrected chi connectivity index (χ4v) is 1.65. The largest absolute Gasteiger partial charge is 0.487 e. The monoisotopic (exact) mass is 244 g/mol. The number of nitrogens with one attached hydrogen (secondary N) is 1. The third-order valence-corrected chi connectivity index (χ3v) is 2.70. The molecule has 0 saturated carbocycles. The van der Waals surface area contributed by atoms with Gasteiger partial charge in [0.25, 0.3) is 0 Å². The van der Waals surface area contributed by atoms with E-state index in [1.54, 1.807) is 0 Å². The molecule has 0 spiro atoms. The van der Waals surface area contributed by atoms with Crippen LogP contribution in [0.2, 0.25) is 5.02 Å². The SMILES string of the molecule is Cc1cc(Cl)ccc1OCC[NH+](C)CCO. The summed E-state index contributed by atoms with van der Waals surface area (Å²) in [7, 11) is 2.04. The molecule has 16 heavy (non-hydrogen) atoms. The average Bonchev–Trinajstić information content (AvgIpc) is 2.22. The quantitative estimate of drug-likeness (QED) is 0.766. The fourth-order valence-electron chi connectivity index (χ4n) is 1.43. The first kappa shape index (κ1) is 13.3. The van der Waals surface area contributed by atoms with E-state index in [4.69, 9.17) is 21.4 Å². The van der Waals surface area contributed by atoms with Gasteiger partial charge in [0.2, 0.25) is 0 Å². The van der Waals surface area contributed by atoms with E-state index in [1.165, 1.54) is 4.90 Å². The summed E-state index contributed by atoms with van der Waals surface area (Å²) >= 11 is 5.86. The van der Waals surface area contributed by atoms with Crippen LogP contribution in [0.25, 0.3) is 0 Å². The Balaban J connectivity index is 2.37. The summed E-state index contributed by atoms with van der Waals surface area (Å²) < 4.78 is 5.65. The lowest BCUT2D eigenvalue weighted by atomic mass is 10.2. The Hall–Kier alpha value is -0.770. The van der Waals surface area contributed by atoms with Crippen LogP contribution < -0.4 is 9.64 Å². The van der Waals surface area contributed by atoms with Crippen molar-refractivity contribution in [3.63, 3.8) is 0 Å². The fraction of sp³-hybridized carbons (Fsp3) is 0.500. The Bertz CT molecular complexity index is 331. The number of rotatable bonds is 6. The van der Waals surface area contributed by atoms with Gasteiger partial charge in [-0.15, -0.1) is 0 Å². The zero-order valence-electron chi connectivity index (χ0n) is 9.79. The van der Waals surface area contributed by atoms with Crippen molar-refractivity contribution in [3.8, 4) is 5.75 Å². The molecule has 0 aromatic heterocycles. The summed E-state index contributed by atoms with van der Waals surface area (Å²) in [6.07, 6.45) is 0. The molecule has 0 amide bonds. The van der Waals surface area contributed by atoms with Gasteiger partial charge < -0.3 is 14.7 Å². The molecule has 0 aliphatic carbocycles. The van der Waals surface area contributed by atoms with Crippen LogP contribution in [0.4, 0.5) is 0 Å². The molecule has 1 atom stereocenters. The molecule has 90 valence electrons. The highest BCUT2D eigenvalue weighted by atomic mass is 35.5. The number of halogens is 1. The third-order valence-electron chi connectivity index (χ3n) is 2.46. The lowest BCUT2D eigenvalue weighted by Gasteiger charge is -2.14. The lowest BCUT2D eigenvalue weighted by Crippen LogP contribution is -3.10. The van der Waals surface area contributed by atoms with Gasteiger partial charge in [0, 0.05) is 5.02 Å². The first-order chi connectivity index (χ1) is 7.63. The van der Waals surface area contributed by atoms with Crippen LogP contribution in [-0.2, 0) is 0 Å². The van der Waals surface area contributed by atoms with Crippen molar-refractivity contribution >= 4 is 11.6 Å². The lowest BCUT2D eigenvalue weighted by molar-refractivity contribution is -0.880. The van der Waals surface area contributed by atoms with Gasteiger partial charge in [-0.2, -0.15) is 0 Å². The molecule has 2 N–H and O–H groups in total. The van der Waals surface area contributed by atoms with Gasteiger partial charge in [-0.3, -0.25) is 0 Å². The minimum atomic E-state index is 0.214. The normalized spacial score (nSPS) is 12.5. The number of hydrogen-bond acceptors (Lipinski definition) is 2. The van der Waals surface area contributed by atoms with Crippen molar-refractivity contribution in [2.45, 2.75) is 6.92 Å². The van der Waals surface area contributed by atoms with E-state index in [0.29, 0.717) is 6.61 Å². The molecular weight excluding hydrogens is 226 g/mol. The van der Waals surface area contributed by atoms with Crippen LogP contribution in [0.1, 0.15) is 5.56 Å². The van der Waals surface area contributed by atoms with Crippen LogP contribution in [0.3, 0.4) is 0 Å². The first-order valence-electron chi connectivity index (χ1n) is 5.44. The number of benzene rings is 1. The number of aliphatic hydroxyl groups is 1. The predicted octanol–water partition coefficient (Wildman–Crippen LogP) is 0.534. The van der Waals surface area contributed by atoms with Crippen LogP contribution in [-0.4, -0.2) is 38.5 Å². The van der Waals surface area contributed by atoms with Crippen LogP contribution in [0.5, 0.6) is 5.75 Å². The van der Waals surface area contributed by atoms with E-state index >= 15 is 0 Å². The second kappa shape index (κ2) is 6.74. The Morgan fingerprint density at radius 2 is 2.12 bits per heavy atom. The van der Waals surface area contributed by atoms with Crippen LogP contribution in [0, 0.1) is 6.92 Å². The molecule has 0 aliphatic heterocycles. The van der Waals surface area contributed by atoms with Gasteiger partial charge >= 0.3 is 0 Å². The van der Waals surface area contributed by atoms with E-state index in [-0.39, 0.29) is 6.61 Å². The van der Waals surface area contributed by atoms with Crippen molar-refractivity contribution in [2.75, 3.05) is 33.4 Å². The topological polar surface area (TPSA) is 33.9 Å². The molecule has 0 saturated heterocycles. The highest BCUT2D eigenvalue weighted by Crippen LogP contribution is 2.21. The van der Waals surface area contributed by atoms with E-state index in [1.807, 2.05) is 32.2 Å². The molecule has 0 aliphatic rings. The van der Waals surface area contributed by atoms with Crippen LogP contribution >= 0.6 is 11.6 Å². The summed E-state index contributed by atoms with van der Waals surface area (Å²) in [6, 6.07) is 5.61. The third kappa shape index (κ3) is 4.39. The number of likely N-dealkylation sites (N-methyl/N-ethyl adjacent to an activating group) is 1. The van der Waals surface area contributed by atoms with E-state index < -0.39 is 0 Å². The van der Waals surface area contributed by atoms with Crippen molar-refractivity contribution in [3.05, 3.63) is 28.8 Å². The van der Waals surface area contributed by atoms with Gasteiger partial charge in [-0.05, 0) is 30.7 Å². The minimum Gasteiger partial charge on any atom is -0.487 e. The molecule has 1 aromatic carbocycles. The first-order valence-corrected chi connectivity index (χ1v) is 5.82. The van der Waals surface area contributed by atoms with Gasteiger partial charge in [0.05, 0.1) is 13.7 Å². The van der Waals surface area contributed by atoms with Gasteiger partial charge in [0.1, 0.15) is 25.4 Å². The Labute approximate surface area is 102 Å². The van der Waals surface area contributed by atoms with Gasteiger partial charge in [0.15, 0.2) is 0 Å². The maximum atomic E-state index is 8.75. The van der Waals surface area contributed by atoms with Crippen molar-refractivity contribution in [2.24, 2.45) is 0 Å². The molecule has 1 unspecified atom stereocenters. The smallest absolute Gasteiger partial charge is 0.137 e. The summed E-state index contributed by atoms with van der Waals surface area (Å²) in [4.78, 5) is 1.26. The average molecular weight is 245 g/mol. The number of ether oxygens (including phenoxy) is 1. The van der Waals surface area contributed by atoms with Gasteiger partial charge in [-0.25, -0.2) is 0 Å². The molecule has 1 aromatic rings. The van der Waals surface area contributed by atoms with E-state index in [2.05, 4.69) is 0 Å². The number of quaternary nitrogens is 1. The summed E-state index contributed by atoms with van der Waals surface area (Å²) in [5, 5.41) is 9.48. The highest BCUT2D eigenvalue weighted by molar-refractivity contribution is 6.30. The van der Waals surface area contributed by atoms with E-state index in [9.17, 15) is 0 Å². The van der Waals surface area contributed by atoms with Crippen molar-refractivity contribution in [1.29, 1.82) is 0 Å². The summed E-state index contributed by atoms with van der Waals surface area (Å²) in [5.74, 6) is 0.876. The number of aryl methyl sites for hydroxylation is 1.